The van der Waals surface area contributed by atoms with Crippen molar-refractivity contribution in [3.63, 3.8) is 0 Å². The summed E-state index contributed by atoms with van der Waals surface area (Å²) in [6.07, 6.45) is 4.44. The van der Waals surface area contributed by atoms with Gasteiger partial charge in [-0.05, 0) is 30.6 Å². The summed E-state index contributed by atoms with van der Waals surface area (Å²) in [5.74, 6) is 2.07. The van der Waals surface area contributed by atoms with Crippen LogP contribution in [0.25, 0.3) is 0 Å². The van der Waals surface area contributed by atoms with E-state index in [4.69, 9.17) is 11.6 Å². The second kappa shape index (κ2) is 3.02. The van der Waals surface area contributed by atoms with Gasteiger partial charge >= 0.3 is 0 Å². The van der Waals surface area contributed by atoms with E-state index in [0.717, 1.165) is 18.8 Å². The van der Waals surface area contributed by atoms with Crippen molar-refractivity contribution in [1.29, 1.82) is 0 Å². The largest absolute Gasteiger partial charge is 0.293 e. The first kappa shape index (κ1) is 8.55. The first-order valence-corrected chi connectivity index (χ1v) is 5.29. The molecule has 2 rings (SSSR count). The maximum atomic E-state index is 6.19. The zero-order valence-corrected chi connectivity index (χ0v) is 8.46. The van der Waals surface area contributed by atoms with Gasteiger partial charge in [0.2, 0.25) is 0 Å². The van der Waals surface area contributed by atoms with Crippen LogP contribution in [0.2, 0.25) is 0 Å². The molecule has 12 heavy (non-hydrogen) atoms. The first-order valence-electron chi connectivity index (χ1n) is 4.86. The van der Waals surface area contributed by atoms with Crippen LogP contribution < -0.4 is 0 Å². The summed E-state index contributed by atoms with van der Waals surface area (Å²) in [6, 6.07) is 0.579. The van der Waals surface area contributed by atoms with E-state index in [2.05, 4.69) is 25.1 Å². The zero-order chi connectivity index (χ0) is 8.72. The Morgan fingerprint density at radius 1 is 1.33 bits per heavy atom. The van der Waals surface area contributed by atoms with Gasteiger partial charge < -0.3 is 0 Å². The minimum absolute atomic E-state index is 0.394. The molecule has 0 N–H and O–H groups in total. The Balaban J connectivity index is 2.13. The molecule has 0 radical (unpaired) electrons. The molecule has 1 nitrogen and oxygen atoms in total. The van der Waals surface area contributed by atoms with Crippen LogP contribution in [0.1, 0.15) is 26.7 Å². The molecular formula is C10H16ClN. The Hall–Kier alpha value is -0.0400. The maximum absolute atomic E-state index is 6.19. The van der Waals surface area contributed by atoms with Crippen molar-refractivity contribution in [2.45, 2.75) is 38.1 Å². The highest BCUT2D eigenvalue weighted by molar-refractivity contribution is 6.20. The molecule has 0 amide bonds. The molecule has 0 spiro atoms. The predicted molar refractivity (Wildman–Crippen MR) is 53.0 cm³/mol. The fourth-order valence-corrected chi connectivity index (χ4v) is 3.11. The summed E-state index contributed by atoms with van der Waals surface area (Å²) in [4.78, 5) is 4.57. The molecule has 1 aliphatic heterocycles. The van der Waals surface area contributed by atoms with Crippen LogP contribution in [0.5, 0.6) is 0 Å². The van der Waals surface area contributed by atoms with Crippen LogP contribution >= 0.6 is 11.6 Å². The van der Waals surface area contributed by atoms with Gasteiger partial charge in [0, 0.05) is 11.6 Å². The monoisotopic (exact) mass is 185 g/mol. The molecule has 68 valence electrons. The maximum Gasteiger partial charge on any atom is 0.0556 e. The minimum Gasteiger partial charge on any atom is -0.293 e. The highest BCUT2D eigenvalue weighted by Gasteiger charge is 2.39. The minimum atomic E-state index is 0.394. The van der Waals surface area contributed by atoms with Crippen molar-refractivity contribution < 1.29 is 0 Å². The summed E-state index contributed by atoms with van der Waals surface area (Å²) >= 11 is 6.19. The van der Waals surface area contributed by atoms with E-state index < -0.39 is 0 Å². The molecule has 0 bridgehead atoms. The van der Waals surface area contributed by atoms with E-state index in [1.807, 2.05) is 0 Å². The van der Waals surface area contributed by atoms with E-state index in [9.17, 15) is 0 Å². The van der Waals surface area contributed by atoms with Gasteiger partial charge in [-0.1, -0.05) is 13.8 Å². The van der Waals surface area contributed by atoms with Gasteiger partial charge in [0.1, 0.15) is 0 Å². The van der Waals surface area contributed by atoms with Crippen molar-refractivity contribution in [2.24, 2.45) is 22.7 Å². The molecule has 0 aromatic rings. The van der Waals surface area contributed by atoms with Crippen LogP contribution in [0.4, 0.5) is 0 Å². The molecule has 0 saturated heterocycles. The summed E-state index contributed by atoms with van der Waals surface area (Å²) in [7, 11) is 0. The van der Waals surface area contributed by atoms with Gasteiger partial charge in [-0.25, -0.2) is 0 Å². The van der Waals surface area contributed by atoms with E-state index in [-0.39, 0.29) is 0 Å². The van der Waals surface area contributed by atoms with Crippen LogP contribution in [0, 0.1) is 17.8 Å². The molecule has 1 saturated carbocycles. The highest BCUT2D eigenvalue weighted by atomic mass is 35.5. The number of fused-ring (bicyclic) bond motifs is 1. The quantitative estimate of drug-likeness (QED) is 0.515. The summed E-state index contributed by atoms with van der Waals surface area (Å²) in [5, 5.41) is 0.394. The highest BCUT2D eigenvalue weighted by Crippen LogP contribution is 2.40. The Morgan fingerprint density at radius 3 is 2.83 bits per heavy atom. The van der Waals surface area contributed by atoms with Crippen LogP contribution in [0.15, 0.2) is 4.99 Å². The number of nitrogens with zero attached hydrogens (tertiary/aromatic N) is 1. The van der Waals surface area contributed by atoms with Crippen molar-refractivity contribution in [3.05, 3.63) is 0 Å². The number of alkyl halides is 1. The van der Waals surface area contributed by atoms with Gasteiger partial charge in [0.15, 0.2) is 0 Å². The first-order chi connectivity index (χ1) is 5.68. The molecule has 1 heterocycles. The predicted octanol–water partition coefficient (Wildman–Crippen LogP) is 2.73. The lowest BCUT2D eigenvalue weighted by atomic mass is 9.75. The average Bonchev–Trinajstić information content (AvgIpc) is 2.33. The molecule has 5 unspecified atom stereocenters. The Labute approximate surface area is 79.2 Å². The Kier molecular flexibility index (Phi) is 2.16. The molecule has 0 aromatic heterocycles. The third-order valence-corrected chi connectivity index (χ3v) is 3.70. The Bertz CT molecular complexity index is 202. The topological polar surface area (TPSA) is 12.4 Å². The lowest BCUT2D eigenvalue weighted by Gasteiger charge is -2.34. The fourth-order valence-electron chi connectivity index (χ4n) is 2.62. The lowest BCUT2D eigenvalue weighted by Crippen LogP contribution is -2.34. The van der Waals surface area contributed by atoms with Crippen molar-refractivity contribution in [2.75, 3.05) is 0 Å². The van der Waals surface area contributed by atoms with Gasteiger partial charge in [-0.2, -0.15) is 0 Å². The molecule has 2 heteroatoms. The van der Waals surface area contributed by atoms with Crippen LogP contribution in [-0.4, -0.2) is 17.6 Å². The van der Waals surface area contributed by atoms with Gasteiger partial charge in [-0.15, -0.1) is 11.6 Å². The second-order valence-electron chi connectivity index (χ2n) is 4.36. The van der Waals surface area contributed by atoms with Gasteiger partial charge in [-0.3, -0.25) is 4.99 Å². The van der Waals surface area contributed by atoms with Crippen molar-refractivity contribution in [1.82, 2.24) is 0 Å². The smallest absolute Gasteiger partial charge is 0.0556 e. The van der Waals surface area contributed by atoms with Gasteiger partial charge in [0.25, 0.3) is 0 Å². The van der Waals surface area contributed by atoms with Crippen LogP contribution in [0.3, 0.4) is 0 Å². The third-order valence-electron chi connectivity index (χ3n) is 3.35. The van der Waals surface area contributed by atoms with Crippen LogP contribution in [-0.2, 0) is 0 Å². The molecule has 1 aliphatic carbocycles. The standard InChI is InChI=1S/C10H16ClN/c1-6-3-8(11)4-9-7(2)5-12-10(6)9/h5-10H,3-4H2,1-2H3. The van der Waals surface area contributed by atoms with E-state index >= 15 is 0 Å². The van der Waals surface area contributed by atoms with E-state index in [1.54, 1.807) is 0 Å². The Morgan fingerprint density at radius 2 is 2.08 bits per heavy atom. The number of rotatable bonds is 0. The lowest BCUT2D eigenvalue weighted by molar-refractivity contribution is 0.231. The summed E-state index contributed by atoms with van der Waals surface area (Å²) in [6.45, 7) is 4.54. The number of aliphatic imine (C=N–C) groups is 1. The molecule has 0 aromatic carbocycles. The van der Waals surface area contributed by atoms with E-state index in [0.29, 0.717) is 23.3 Å². The number of hydrogen-bond donors (Lipinski definition) is 0. The number of halogens is 1. The van der Waals surface area contributed by atoms with Crippen molar-refractivity contribution in [3.8, 4) is 0 Å². The van der Waals surface area contributed by atoms with Gasteiger partial charge in [0.05, 0.1) is 6.04 Å². The van der Waals surface area contributed by atoms with Crippen molar-refractivity contribution >= 4 is 17.8 Å². The van der Waals surface area contributed by atoms with E-state index in [1.165, 1.54) is 0 Å². The average molecular weight is 186 g/mol. The normalized spacial score (nSPS) is 52.4. The number of hydrogen-bond acceptors (Lipinski definition) is 1. The molecule has 1 fully saturated rings. The molecule has 2 aliphatic rings. The third kappa shape index (κ3) is 1.28. The molecule has 5 atom stereocenters. The fraction of sp³-hybridized carbons (Fsp3) is 0.900. The second-order valence-corrected chi connectivity index (χ2v) is 4.97. The SMILES string of the molecule is CC1C=NC2C(C)CC(Cl)CC12. The molecular weight excluding hydrogens is 170 g/mol. The summed E-state index contributed by atoms with van der Waals surface area (Å²) < 4.78 is 0. The zero-order valence-electron chi connectivity index (χ0n) is 7.70. The summed E-state index contributed by atoms with van der Waals surface area (Å²) in [5.41, 5.74) is 0.